The van der Waals surface area contributed by atoms with E-state index < -0.39 is 218 Å². The summed E-state index contributed by atoms with van der Waals surface area (Å²) in [6.07, 6.45) is -32.8. The van der Waals surface area contributed by atoms with Gasteiger partial charge in [0.05, 0.1) is 80.4 Å². The lowest BCUT2D eigenvalue weighted by molar-refractivity contribution is -0.428. The molecule has 10 fully saturated rings. The summed E-state index contributed by atoms with van der Waals surface area (Å²) in [5, 5.41) is 69.1. The van der Waals surface area contributed by atoms with Crippen molar-refractivity contribution in [3.8, 4) is 11.5 Å². The molecule has 10 saturated heterocycles. The number of hydrogen-bond acceptors (Lipinski definition) is 32. The molecule has 0 bridgehead atoms. The first-order chi connectivity index (χ1) is 44.9. The van der Waals surface area contributed by atoms with Gasteiger partial charge in [0, 0.05) is 34.2 Å². The number of carbonyl (C=O) groups is 3. The van der Waals surface area contributed by atoms with Crippen LogP contribution in [0.4, 0.5) is 0 Å². The van der Waals surface area contributed by atoms with Crippen LogP contribution in [0.15, 0.2) is 0 Å². The number of aliphatic hydroxyl groups excluding tert-OH is 4. The number of benzene rings is 1. The van der Waals surface area contributed by atoms with E-state index in [2.05, 4.69) is 0 Å². The third kappa shape index (κ3) is 13.4. The topological polar surface area (TPSA) is 385 Å². The van der Waals surface area contributed by atoms with Crippen LogP contribution in [-0.2, 0) is 114 Å². The first-order valence-corrected chi connectivity index (χ1v) is 32.5. The van der Waals surface area contributed by atoms with E-state index >= 15 is 0 Å². The van der Waals surface area contributed by atoms with Gasteiger partial charge >= 0.3 is 17.9 Å². The lowest BCUT2D eigenvalue weighted by Gasteiger charge is -2.49. The van der Waals surface area contributed by atoms with Gasteiger partial charge in [0.25, 0.3) is 5.97 Å². The molecule has 1 aromatic rings. The number of phenols is 1. The van der Waals surface area contributed by atoms with Crippen molar-refractivity contribution in [1.29, 1.82) is 0 Å². The zero-order valence-electron chi connectivity index (χ0n) is 55.0. The smallest absolute Gasteiger partial charge is 0.342 e. The summed E-state index contributed by atoms with van der Waals surface area (Å²) >= 11 is 12.5. The quantitative estimate of drug-likeness (QED) is 0.112. The molecule has 0 aromatic heterocycles. The molecule has 0 aliphatic carbocycles. The van der Waals surface area contributed by atoms with Gasteiger partial charge in [-0.15, -0.1) is 0 Å². The second-order valence-electron chi connectivity index (χ2n) is 26.2. The van der Waals surface area contributed by atoms with Crippen LogP contribution in [0, 0.1) is 12.8 Å². The molecule has 1 aromatic carbocycles. The number of aliphatic hydroxyl groups is 5. The third-order valence-corrected chi connectivity index (χ3v) is 20.2. The van der Waals surface area contributed by atoms with Gasteiger partial charge in [-0.3, -0.25) is 9.59 Å². The van der Waals surface area contributed by atoms with Crippen molar-refractivity contribution < 1.29 is 154 Å². The molecular formula is C61H88Cl2O32. The van der Waals surface area contributed by atoms with Gasteiger partial charge < -0.3 is 140 Å². The normalized spacial score (nSPS) is 47.3. The molecule has 2 spiro atoms. The molecule has 1 unspecified atom stereocenters. The zero-order valence-corrected chi connectivity index (χ0v) is 56.5. The summed E-state index contributed by atoms with van der Waals surface area (Å²) < 4.78 is 142. The van der Waals surface area contributed by atoms with Gasteiger partial charge in [-0.2, -0.15) is 0 Å². The van der Waals surface area contributed by atoms with Crippen molar-refractivity contribution in [3.05, 3.63) is 21.2 Å². The number of fused-ring (bicyclic) bond motifs is 4. The molecular weight excluding hydrogens is 1320 g/mol. The van der Waals surface area contributed by atoms with E-state index in [1.165, 1.54) is 49.2 Å². The van der Waals surface area contributed by atoms with Gasteiger partial charge in [0.1, 0.15) is 96.2 Å². The number of halogens is 2. The molecule has 95 heavy (non-hydrogen) atoms. The molecule has 32 nitrogen and oxygen atoms in total. The minimum absolute atomic E-state index is 0.00299. The first-order valence-electron chi connectivity index (χ1n) is 31.7. The molecule has 10 aliphatic rings. The number of rotatable bonds is 18. The summed E-state index contributed by atoms with van der Waals surface area (Å²) in [7, 11) is 5.35. The number of methoxy groups -OCH3 is 4. The third-order valence-electron chi connectivity index (χ3n) is 19.4. The molecule has 6 N–H and O–H groups in total. The SMILES string of the molecule is COC[C@H]1O[C@@H](O[C@@H]2OC[C@@H]3O[C@]4(O[C@H]3[C@H]2OC(=O)C(C)C)O[C@H](C)[C@@](O)(C(C)=O)[C@@H]2OCO[C@H]24)[C@@H](OC)[C@H](O)[C@@H]1O[C@@H]1O[C@H](C)[C@H](OC)[C@H](O[C@H]2C[C@@]3(C)OC4(C[C@@H](O)[C@H](O[C@H]5C[C@@H](O)[C@H](OC(=O)c6c(C)c(Cl)c(O)c(Cl)c6OC)[C@@H](C)O5)[C@@H](C)O4)O[C@@H]3[C@@H](C)O2)[C@H]1O. The van der Waals surface area contributed by atoms with Crippen LogP contribution in [0.5, 0.6) is 11.5 Å². The maximum Gasteiger partial charge on any atom is 0.342 e. The Bertz CT molecular complexity index is 2890. The van der Waals surface area contributed by atoms with Crippen LogP contribution < -0.4 is 4.74 Å². The van der Waals surface area contributed by atoms with E-state index in [1.807, 2.05) is 0 Å². The second kappa shape index (κ2) is 28.4. The number of aromatic hydroxyl groups is 1. The highest BCUT2D eigenvalue weighted by Gasteiger charge is 2.73. The van der Waals surface area contributed by atoms with Crippen molar-refractivity contribution in [2.45, 2.75) is 277 Å². The molecule has 0 amide bonds. The number of phenolic OH excluding ortho intramolecular Hbond substituents is 1. The first kappa shape index (κ1) is 73.2. The van der Waals surface area contributed by atoms with E-state index in [1.54, 1.807) is 48.5 Å². The molecule has 538 valence electrons. The molecule has 10 aliphatic heterocycles. The van der Waals surface area contributed by atoms with E-state index in [4.69, 9.17) is 132 Å². The Balaban J connectivity index is 0.722. The van der Waals surface area contributed by atoms with Gasteiger partial charge in [-0.25, -0.2) is 4.79 Å². The number of Topliss-reactive ketones (excluding diaryl/α,β-unsaturated/α-hetero) is 1. The van der Waals surface area contributed by atoms with Crippen LogP contribution in [0.2, 0.25) is 10.0 Å². The number of carbonyl (C=O) groups excluding carboxylic acids is 3. The fraction of sp³-hybridized carbons (Fsp3) is 0.852. The van der Waals surface area contributed by atoms with Crippen molar-refractivity contribution in [2.24, 2.45) is 5.92 Å². The number of ketones is 1. The summed E-state index contributed by atoms with van der Waals surface area (Å²) in [5.41, 5.74) is -3.34. The van der Waals surface area contributed by atoms with Crippen molar-refractivity contribution >= 4 is 40.9 Å². The average molecular weight is 1400 g/mol. The van der Waals surface area contributed by atoms with E-state index in [0.29, 0.717) is 0 Å². The van der Waals surface area contributed by atoms with Gasteiger partial charge in [-0.1, -0.05) is 37.0 Å². The summed E-state index contributed by atoms with van der Waals surface area (Å²) in [5.74, 6) is -7.41. The highest BCUT2D eigenvalue weighted by atomic mass is 35.5. The van der Waals surface area contributed by atoms with Crippen molar-refractivity contribution in [1.82, 2.24) is 0 Å². The van der Waals surface area contributed by atoms with E-state index in [-0.39, 0.29) is 66.2 Å². The minimum atomic E-state index is -2.13. The Labute approximate surface area is 557 Å². The van der Waals surface area contributed by atoms with Gasteiger partial charge in [0.2, 0.25) is 6.29 Å². The summed E-state index contributed by atoms with van der Waals surface area (Å²) in [4.78, 5) is 39.8. The Morgan fingerprint density at radius 2 is 1.34 bits per heavy atom. The average Bonchev–Trinajstić information content (AvgIpc) is 1.59. The van der Waals surface area contributed by atoms with Crippen LogP contribution >= 0.6 is 23.2 Å². The molecule has 0 radical (unpaired) electrons. The highest BCUT2D eigenvalue weighted by Crippen LogP contribution is 2.53. The number of ether oxygens (including phenoxy) is 23. The zero-order chi connectivity index (χ0) is 68.9. The lowest BCUT2D eigenvalue weighted by Crippen LogP contribution is -2.72. The Morgan fingerprint density at radius 3 is 1.99 bits per heavy atom. The van der Waals surface area contributed by atoms with Crippen LogP contribution in [0.3, 0.4) is 0 Å². The van der Waals surface area contributed by atoms with Gasteiger partial charge in [-0.05, 0) is 61.0 Å². The van der Waals surface area contributed by atoms with Crippen LogP contribution in [0.25, 0.3) is 0 Å². The Kier molecular flexibility index (Phi) is 21.9. The van der Waals surface area contributed by atoms with Gasteiger partial charge in [0.15, 0.2) is 66.4 Å². The van der Waals surface area contributed by atoms with Crippen molar-refractivity contribution in [3.63, 3.8) is 0 Å². The lowest BCUT2D eigenvalue weighted by atomic mass is 9.81. The predicted octanol–water partition coefficient (Wildman–Crippen LogP) is 1.05. The number of hydrogen-bond donors (Lipinski definition) is 6. The highest BCUT2D eigenvalue weighted by molar-refractivity contribution is 6.39. The Hall–Kier alpha value is -2.99. The van der Waals surface area contributed by atoms with E-state index in [9.17, 15) is 45.0 Å². The molecule has 10 heterocycles. The summed E-state index contributed by atoms with van der Waals surface area (Å²) in [6, 6.07) is 0. The van der Waals surface area contributed by atoms with Crippen molar-refractivity contribution in [2.75, 3.05) is 48.4 Å². The van der Waals surface area contributed by atoms with Crippen LogP contribution in [0.1, 0.15) is 97.5 Å². The maximum atomic E-state index is 13.6. The van der Waals surface area contributed by atoms with Crippen LogP contribution in [-0.4, -0.2) is 286 Å². The molecule has 0 saturated carbocycles. The molecule has 34 heteroatoms. The monoisotopic (exact) mass is 1400 g/mol. The fourth-order valence-electron chi connectivity index (χ4n) is 14.6. The Morgan fingerprint density at radius 1 is 0.653 bits per heavy atom. The molecule has 11 rings (SSSR count). The molecule has 31 atom stereocenters. The maximum absolute atomic E-state index is 13.6. The minimum Gasteiger partial charge on any atom is -0.505 e. The second-order valence-corrected chi connectivity index (χ2v) is 27.0. The predicted molar refractivity (Wildman–Crippen MR) is 313 cm³/mol. The standard InChI is InChI=1S/C61H88Cl2O32/c1-21(2)53(70)87-49-45-32(92-61(93-45)52-51(78-20-79-52)60(72,27(8)64)28(9)91-61)19-77-56(49)89-57-48(76-14)39(68)44(31(83-57)18-73-11)88-55-40(69)47(43(74-12)24(5)82-55)85-34-17-58(10)50(26(7)81-34)94-59(95-58)16-30(66)42(25(6)90-59)84-33-15-29(65)41(23(4)80-33)86-54(71)35-22(3)36(62)38(67)37(63)46(35)75-13/h21,23-26,28-34,39-45,47-52,55-57,65-69,72H,15-20H2,1-14H3/t23-,24-,25-,26-,28-,29-,30-,31-,32+,33+,34+,39-,40-,41-,42-,43+,44-,45-,47-,48+,49-,50-,51-,52-,55+,56+,57+,58-,59?,60+,61-/m1/s1. The fourth-order valence-corrected chi connectivity index (χ4v) is 15.1. The summed E-state index contributed by atoms with van der Waals surface area (Å²) in [6.45, 7) is 15.0. The number of esters is 2. The van der Waals surface area contributed by atoms with E-state index in [0.717, 1.165) is 0 Å². The largest absolute Gasteiger partial charge is 0.505 e.